The first-order valence-corrected chi connectivity index (χ1v) is 9.07. The first-order chi connectivity index (χ1) is 12.6. The fourth-order valence-corrected chi connectivity index (χ4v) is 2.76. The second-order valence-electron chi connectivity index (χ2n) is 6.32. The van der Waals surface area contributed by atoms with Gasteiger partial charge in [-0.25, -0.2) is 0 Å². The fourth-order valence-electron chi connectivity index (χ4n) is 2.76. The van der Waals surface area contributed by atoms with Crippen molar-refractivity contribution in [3.05, 3.63) is 54.4 Å². The molecule has 0 bridgehead atoms. The Labute approximate surface area is 156 Å². The van der Waals surface area contributed by atoms with Gasteiger partial charge in [0.15, 0.2) is 5.96 Å². The van der Waals surface area contributed by atoms with Crippen molar-refractivity contribution in [2.24, 2.45) is 4.99 Å². The van der Waals surface area contributed by atoms with Crippen LogP contribution in [-0.2, 0) is 6.54 Å². The summed E-state index contributed by atoms with van der Waals surface area (Å²) in [5.74, 6) is 1.71. The van der Waals surface area contributed by atoms with Gasteiger partial charge in [0, 0.05) is 32.0 Å². The van der Waals surface area contributed by atoms with Crippen LogP contribution in [0.4, 0.5) is 0 Å². The summed E-state index contributed by atoms with van der Waals surface area (Å²) in [6, 6.07) is 12.4. The van der Waals surface area contributed by atoms with E-state index in [1.165, 1.54) is 5.56 Å². The molecule has 2 N–H and O–H groups in total. The van der Waals surface area contributed by atoms with E-state index in [-0.39, 0.29) is 6.04 Å². The SMILES string of the molecule is CCNC(=NCC(c1cccc(OC)c1)N(C)C)NCCn1cccc1. The number of nitrogens with zero attached hydrogens (tertiary/aromatic N) is 3. The zero-order valence-corrected chi connectivity index (χ0v) is 16.3. The number of likely N-dealkylation sites (N-methyl/N-ethyl adjacent to an activating group) is 1. The number of guanidine groups is 1. The summed E-state index contributed by atoms with van der Waals surface area (Å²) in [6.07, 6.45) is 4.13. The van der Waals surface area contributed by atoms with Crippen LogP contribution in [0.2, 0.25) is 0 Å². The number of methoxy groups -OCH3 is 1. The predicted octanol–water partition coefficient (Wildman–Crippen LogP) is 2.35. The van der Waals surface area contributed by atoms with Crippen LogP contribution in [0.3, 0.4) is 0 Å². The van der Waals surface area contributed by atoms with Gasteiger partial charge in [-0.2, -0.15) is 0 Å². The van der Waals surface area contributed by atoms with Crippen molar-refractivity contribution in [1.82, 2.24) is 20.1 Å². The highest BCUT2D eigenvalue weighted by Gasteiger charge is 2.14. The van der Waals surface area contributed by atoms with Crippen molar-refractivity contribution >= 4 is 5.96 Å². The Morgan fingerprint density at radius 2 is 1.96 bits per heavy atom. The highest BCUT2D eigenvalue weighted by atomic mass is 16.5. The molecule has 0 spiro atoms. The summed E-state index contributed by atoms with van der Waals surface area (Å²) in [5, 5.41) is 6.72. The topological polar surface area (TPSA) is 53.8 Å². The van der Waals surface area contributed by atoms with Gasteiger partial charge in [0.1, 0.15) is 5.75 Å². The number of ether oxygens (including phenoxy) is 1. The van der Waals surface area contributed by atoms with Crippen LogP contribution in [0, 0.1) is 0 Å². The predicted molar refractivity (Wildman–Crippen MR) is 108 cm³/mol. The largest absolute Gasteiger partial charge is 0.497 e. The van der Waals surface area contributed by atoms with Crippen LogP contribution in [0.25, 0.3) is 0 Å². The van der Waals surface area contributed by atoms with Gasteiger partial charge in [-0.05, 0) is 50.8 Å². The van der Waals surface area contributed by atoms with Crippen LogP contribution in [-0.4, -0.2) is 56.3 Å². The second kappa shape index (κ2) is 10.5. The van der Waals surface area contributed by atoms with E-state index in [9.17, 15) is 0 Å². The van der Waals surface area contributed by atoms with Gasteiger partial charge in [-0.3, -0.25) is 4.99 Å². The normalized spacial score (nSPS) is 12.9. The molecule has 1 unspecified atom stereocenters. The molecule has 0 radical (unpaired) electrons. The summed E-state index contributed by atoms with van der Waals surface area (Å²) in [4.78, 5) is 6.97. The zero-order chi connectivity index (χ0) is 18.8. The summed E-state index contributed by atoms with van der Waals surface area (Å²) in [6.45, 7) is 5.31. The van der Waals surface area contributed by atoms with Crippen molar-refractivity contribution in [3.8, 4) is 5.75 Å². The number of hydrogen-bond donors (Lipinski definition) is 2. The van der Waals surface area contributed by atoms with E-state index in [1.807, 2.05) is 24.3 Å². The van der Waals surface area contributed by atoms with Crippen LogP contribution >= 0.6 is 0 Å². The molecule has 2 rings (SSSR count). The maximum atomic E-state index is 5.36. The number of nitrogens with one attached hydrogen (secondary N) is 2. The molecule has 6 heteroatoms. The van der Waals surface area contributed by atoms with E-state index in [4.69, 9.17) is 9.73 Å². The van der Waals surface area contributed by atoms with E-state index in [0.717, 1.165) is 31.3 Å². The minimum Gasteiger partial charge on any atom is -0.497 e. The maximum absolute atomic E-state index is 5.36. The van der Waals surface area contributed by atoms with E-state index < -0.39 is 0 Å². The van der Waals surface area contributed by atoms with Gasteiger partial charge < -0.3 is 24.8 Å². The van der Waals surface area contributed by atoms with Gasteiger partial charge in [0.25, 0.3) is 0 Å². The minimum atomic E-state index is 0.185. The minimum absolute atomic E-state index is 0.185. The molecular formula is C20H31N5O. The molecule has 6 nitrogen and oxygen atoms in total. The molecule has 1 aromatic heterocycles. The lowest BCUT2D eigenvalue weighted by Crippen LogP contribution is -2.39. The smallest absolute Gasteiger partial charge is 0.191 e. The summed E-state index contributed by atoms with van der Waals surface area (Å²) >= 11 is 0. The summed E-state index contributed by atoms with van der Waals surface area (Å²) in [7, 11) is 5.85. The second-order valence-corrected chi connectivity index (χ2v) is 6.32. The quantitative estimate of drug-likeness (QED) is 0.534. The molecular weight excluding hydrogens is 326 g/mol. The lowest BCUT2D eigenvalue weighted by Gasteiger charge is -2.24. The van der Waals surface area contributed by atoms with E-state index in [2.05, 4.69) is 65.6 Å². The van der Waals surface area contributed by atoms with Crippen LogP contribution in [0.15, 0.2) is 53.8 Å². The number of aromatic nitrogens is 1. The lowest BCUT2D eigenvalue weighted by molar-refractivity contribution is 0.305. The molecule has 0 saturated heterocycles. The molecule has 0 fully saturated rings. The number of benzene rings is 1. The number of aliphatic imine (C=N–C) groups is 1. The Morgan fingerprint density at radius 3 is 2.62 bits per heavy atom. The highest BCUT2D eigenvalue weighted by Crippen LogP contribution is 2.22. The van der Waals surface area contributed by atoms with Crippen molar-refractivity contribution in [2.75, 3.05) is 40.8 Å². The van der Waals surface area contributed by atoms with E-state index >= 15 is 0 Å². The van der Waals surface area contributed by atoms with Crippen LogP contribution in [0.5, 0.6) is 5.75 Å². The number of hydrogen-bond acceptors (Lipinski definition) is 3. The monoisotopic (exact) mass is 357 g/mol. The first-order valence-electron chi connectivity index (χ1n) is 9.07. The Morgan fingerprint density at radius 1 is 1.19 bits per heavy atom. The molecule has 1 heterocycles. The Kier molecular flexibility index (Phi) is 8.02. The standard InChI is InChI=1S/C20H31N5O/c1-5-21-20(22-11-14-25-12-6-7-13-25)23-16-19(24(2)3)17-9-8-10-18(15-17)26-4/h6-10,12-13,15,19H,5,11,14,16H2,1-4H3,(H2,21,22,23). The van der Waals surface area contributed by atoms with Gasteiger partial charge >= 0.3 is 0 Å². The highest BCUT2D eigenvalue weighted by molar-refractivity contribution is 5.79. The van der Waals surface area contributed by atoms with Crippen molar-refractivity contribution in [1.29, 1.82) is 0 Å². The molecule has 0 aliphatic carbocycles. The summed E-state index contributed by atoms with van der Waals surface area (Å²) in [5.41, 5.74) is 1.20. The van der Waals surface area contributed by atoms with Gasteiger partial charge in [0.05, 0.1) is 19.7 Å². The van der Waals surface area contributed by atoms with Gasteiger partial charge in [-0.15, -0.1) is 0 Å². The molecule has 26 heavy (non-hydrogen) atoms. The molecule has 142 valence electrons. The van der Waals surface area contributed by atoms with E-state index in [1.54, 1.807) is 7.11 Å². The summed E-state index contributed by atoms with van der Waals surface area (Å²) < 4.78 is 7.50. The fraction of sp³-hybridized carbons (Fsp3) is 0.450. The molecule has 0 aliphatic heterocycles. The van der Waals surface area contributed by atoms with Crippen LogP contribution in [0.1, 0.15) is 18.5 Å². The van der Waals surface area contributed by atoms with Gasteiger partial charge in [0.2, 0.25) is 0 Å². The zero-order valence-electron chi connectivity index (χ0n) is 16.3. The van der Waals surface area contributed by atoms with E-state index in [0.29, 0.717) is 6.54 Å². The first kappa shape index (κ1) is 19.8. The lowest BCUT2D eigenvalue weighted by atomic mass is 10.1. The number of rotatable bonds is 9. The third-order valence-corrected chi connectivity index (χ3v) is 4.20. The third kappa shape index (κ3) is 6.11. The Bertz CT molecular complexity index is 667. The molecule has 1 atom stereocenters. The van der Waals surface area contributed by atoms with Gasteiger partial charge in [-0.1, -0.05) is 12.1 Å². The maximum Gasteiger partial charge on any atom is 0.191 e. The average molecular weight is 358 g/mol. The van der Waals surface area contributed by atoms with Crippen molar-refractivity contribution < 1.29 is 4.74 Å². The Hall–Kier alpha value is -2.47. The molecule has 2 aromatic rings. The average Bonchev–Trinajstić information content (AvgIpc) is 3.15. The van der Waals surface area contributed by atoms with Crippen LogP contribution < -0.4 is 15.4 Å². The van der Waals surface area contributed by atoms with Crippen molar-refractivity contribution in [2.45, 2.75) is 19.5 Å². The molecule has 0 saturated carbocycles. The molecule has 1 aromatic carbocycles. The van der Waals surface area contributed by atoms with Crippen molar-refractivity contribution in [3.63, 3.8) is 0 Å². The Balaban J connectivity index is 2.01. The molecule has 0 amide bonds. The molecule has 0 aliphatic rings. The third-order valence-electron chi connectivity index (χ3n) is 4.20.